The first-order valence-corrected chi connectivity index (χ1v) is 8.24. The first-order chi connectivity index (χ1) is 9.03. The van der Waals surface area contributed by atoms with Crippen molar-refractivity contribution in [1.29, 1.82) is 0 Å². The molecule has 0 aromatic rings. The van der Waals surface area contributed by atoms with Gasteiger partial charge >= 0.3 is 0 Å². The highest BCUT2D eigenvalue weighted by molar-refractivity contribution is 14.0. The van der Waals surface area contributed by atoms with Gasteiger partial charge in [-0.2, -0.15) is 0 Å². The maximum Gasteiger partial charge on any atom is 0.213 e. The normalized spacial score (nSPS) is 22.2. The molecule has 7 nitrogen and oxygen atoms in total. The molecule has 2 heterocycles. The third-order valence-electron chi connectivity index (χ3n) is 3.53. The fourth-order valence-electron chi connectivity index (χ4n) is 2.16. The highest BCUT2D eigenvalue weighted by Crippen LogP contribution is 2.20. The Morgan fingerprint density at radius 1 is 1.35 bits per heavy atom. The fourth-order valence-corrected chi connectivity index (χ4v) is 3.40. The molecule has 118 valence electrons. The number of sulfonamides is 1. The van der Waals surface area contributed by atoms with Gasteiger partial charge in [-0.15, -0.1) is 24.0 Å². The molecule has 0 radical (unpaired) electrons. The first kappa shape index (κ1) is 17.9. The lowest BCUT2D eigenvalue weighted by Crippen LogP contribution is -2.52. The van der Waals surface area contributed by atoms with Crippen molar-refractivity contribution in [3.8, 4) is 0 Å². The first-order valence-electron chi connectivity index (χ1n) is 6.63. The van der Waals surface area contributed by atoms with Crippen LogP contribution in [0.2, 0.25) is 0 Å². The van der Waals surface area contributed by atoms with Crippen molar-refractivity contribution in [2.45, 2.75) is 6.92 Å². The van der Waals surface area contributed by atoms with E-state index in [-0.39, 0.29) is 29.7 Å². The molecule has 0 amide bonds. The standard InChI is InChI=1S/C11H22N4O3S.HI/c1-2-19(16,17)15-8-10(9-15)7-13-11(12)14-3-5-18-6-4-14;/h10H,2-9H2,1H3,(H2,12,13);1H. The SMILES string of the molecule is CCS(=O)(=O)N1CC(CN=C(N)N2CCOCC2)C1.I. The van der Waals surface area contributed by atoms with Gasteiger partial charge in [0.05, 0.1) is 19.0 Å². The molecule has 0 atom stereocenters. The number of rotatable bonds is 4. The smallest absolute Gasteiger partial charge is 0.213 e. The van der Waals surface area contributed by atoms with Gasteiger partial charge in [-0.05, 0) is 6.92 Å². The van der Waals surface area contributed by atoms with Gasteiger partial charge in [0.2, 0.25) is 10.0 Å². The predicted molar refractivity (Wildman–Crippen MR) is 88.8 cm³/mol. The summed E-state index contributed by atoms with van der Waals surface area (Å²) >= 11 is 0. The van der Waals surface area contributed by atoms with Crippen molar-refractivity contribution in [3.05, 3.63) is 0 Å². The molecule has 0 aromatic heterocycles. The van der Waals surface area contributed by atoms with Crippen LogP contribution >= 0.6 is 24.0 Å². The van der Waals surface area contributed by atoms with E-state index in [1.54, 1.807) is 6.92 Å². The largest absolute Gasteiger partial charge is 0.378 e. The second kappa shape index (κ2) is 7.76. The van der Waals surface area contributed by atoms with Gasteiger partial charge < -0.3 is 15.4 Å². The monoisotopic (exact) mass is 418 g/mol. The van der Waals surface area contributed by atoms with E-state index in [0.29, 0.717) is 44.7 Å². The van der Waals surface area contributed by atoms with Gasteiger partial charge in [0.25, 0.3) is 0 Å². The van der Waals surface area contributed by atoms with Crippen LogP contribution in [0, 0.1) is 5.92 Å². The minimum Gasteiger partial charge on any atom is -0.378 e. The number of morpholine rings is 1. The van der Waals surface area contributed by atoms with Crippen LogP contribution in [0.4, 0.5) is 0 Å². The molecule has 20 heavy (non-hydrogen) atoms. The van der Waals surface area contributed by atoms with Crippen molar-refractivity contribution in [3.63, 3.8) is 0 Å². The van der Waals surface area contributed by atoms with Crippen LogP contribution in [0.1, 0.15) is 6.92 Å². The summed E-state index contributed by atoms with van der Waals surface area (Å²) in [5, 5.41) is 0. The number of ether oxygens (including phenoxy) is 1. The molecule has 0 spiro atoms. The molecular formula is C11H23IN4O3S. The van der Waals surface area contributed by atoms with E-state index in [2.05, 4.69) is 4.99 Å². The Labute approximate surface area is 137 Å². The summed E-state index contributed by atoms with van der Waals surface area (Å²) in [5.74, 6) is 1.000. The number of hydrogen-bond donors (Lipinski definition) is 1. The van der Waals surface area contributed by atoms with Crippen molar-refractivity contribution < 1.29 is 13.2 Å². The molecule has 0 saturated carbocycles. The molecule has 0 unspecified atom stereocenters. The molecule has 2 aliphatic rings. The summed E-state index contributed by atoms with van der Waals surface area (Å²) in [6.07, 6.45) is 0. The van der Waals surface area contributed by atoms with Gasteiger partial charge in [-0.1, -0.05) is 0 Å². The van der Waals surface area contributed by atoms with Gasteiger partial charge in [0.15, 0.2) is 5.96 Å². The lowest BCUT2D eigenvalue weighted by molar-refractivity contribution is 0.0673. The van der Waals surface area contributed by atoms with E-state index < -0.39 is 10.0 Å². The Morgan fingerprint density at radius 3 is 2.50 bits per heavy atom. The third kappa shape index (κ3) is 4.43. The summed E-state index contributed by atoms with van der Waals surface area (Å²) in [5.41, 5.74) is 5.91. The summed E-state index contributed by atoms with van der Waals surface area (Å²) in [6.45, 7) is 6.30. The fraction of sp³-hybridized carbons (Fsp3) is 0.909. The number of nitrogens with zero attached hydrogens (tertiary/aromatic N) is 3. The van der Waals surface area contributed by atoms with E-state index in [9.17, 15) is 8.42 Å². The minimum atomic E-state index is -3.03. The van der Waals surface area contributed by atoms with Crippen molar-refractivity contribution >= 4 is 40.0 Å². The highest BCUT2D eigenvalue weighted by Gasteiger charge is 2.34. The van der Waals surface area contributed by atoms with Crippen molar-refractivity contribution in [1.82, 2.24) is 9.21 Å². The van der Waals surface area contributed by atoms with E-state index in [1.165, 1.54) is 4.31 Å². The number of hydrogen-bond acceptors (Lipinski definition) is 4. The molecule has 2 saturated heterocycles. The number of nitrogens with two attached hydrogens (primary N) is 1. The van der Waals surface area contributed by atoms with Crippen LogP contribution in [0.3, 0.4) is 0 Å². The number of halogens is 1. The molecule has 0 bridgehead atoms. The molecule has 0 aliphatic carbocycles. The summed E-state index contributed by atoms with van der Waals surface area (Å²) in [6, 6.07) is 0. The predicted octanol–water partition coefficient (Wildman–Crippen LogP) is -0.467. The zero-order valence-corrected chi connectivity index (χ0v) is 14.8. The summed E-state index contributed by atoms with van der Waals surface area (Å²) in [7, 11) is -3.03. The van der Waals surface area contributed by atoms with Crippen LogP contribution in [-0.2, 0) is 14.8 Å². The van der Waals surface area contributed by atoms with Crippen LogP contribution < -0.4 is 5.73 Å². The average molecular weight is 418 g/mol. The quantitative estimate of drug-likeness (QED) is 0.379. The van der Waals surface area contributed by atoms with E-state index >= 15 is 0 Å². The lowest BCUT2D eigenvalue weighted by atomic mass is 10.0. The molecule has 0 aromatic carbocycles. The van der Waals surface area contributed by atoms with Gasteiger partial charge in [-0.25, -0.2) is 12.7 Å². The van der Waals surface area contributed by atoms with Gasteiger partial charge in [0, 0.05) is 38.6 Å². The lowest BCUT2D eigenvalue weighted by Gasteiger charge is -2.37. The second-order valence-electron chi connectivity index (χ2n) is 4.88. The Balaban J connectivity index is 0.00000200. The molecule has 2 fully saturated rings. The Morgan fingerprint density at radius 2 is 1.95 bits per heavy atom. The number of aliphatic imine (C=N–C) groups is 1. The molecular weight excluding hydrogens is 395 g/mol. The Bertz CT molecular complexity index is 431. The second-order valence-corrected chi connectivity index (χ2v) is 7.14. The Hall–Kier alpha value is -0.130. The molecule has 2 aliphatic heterocycles. The topological polar surface area (TPSA) is 88.2 Å². The maximum absolute atomic E-state index is 11.6. The maximum atomic E-state index is 11.6. The minimum absolute atomic E-state index is 0. The average Bonchev–Trinajstić information content (AvgIpc) is 2.37. The molecule has 9 heteroatoms. The summed E-state index contributed by atoms with van der Waals surface area (Å²) in [4.78, 5) is 6.36. The van der Waals surface area contributed by atoms with E-state index in [0.717, 1.165) is 13.1 Å². The van der Waals surface area contributed by atoms with Crippen LogP contribution in [0.5, 0.6) is 0 Å². The summed E-state index contributed by atoms with van der Waals surface area (Å²) < 4.78 is 29.9. The van der Waals surface area contributed by atoms with Crippen molar-refractivity contribution in [2.24, 2.45) is 16.6 Å². The zero-order chi connectivity index (χ0) is 13.9. The van der Waals surface area contributed by atoms with Gasteiger partial charge in [-0.3, -0.25) is 4.99 Å². The highest BCUT2D eigenvalue weighted by atomic mass is 127. The van der Waals surface area contributed by atoms with Crippen LogP contribution in [0.25, 0.3) is 0 Å². The van der Waals surface area contributed by atoms with Crippen LogP contribution in [0.15, 0.2) is 4.99 Å². The number of guanidine groups is 1. The van der Waals surface area contributed by atoms with E-state index in [1.807, 2.05) is 4.90 Å². The third-order valence-corrected chi connectivity index (χ3v) is 5.34. The zero-order valence-electron chi connectivity index (χ0n) is 11.7. The molecule has 2 N–H and O–H groups in total. The molecule has 2 rings (SSSR count). The van der Waals surface area contributed by atoms with Crippen molar-refractivity contribution in [2.75, 3.05) is 51.7 Å². The van der Waals surface area contributed by atoms with Crippen LogP contribution in [-0.4, -0.2) is 75.3 Å². The Kier molecular flexibility index (Phi) is 6.95. The van der Waals surface area contributed by atoms with E-state index in [4.69, 9.17) is 10.5 Å². The van der Waals surface area contributed by atoms with Gasteiger partial charge in [0.1, 0.15) is 0 Å².